The Hall–Kier alpha value is -1.84. The van der Waals surface area contributed by atoms with Crippen molar-refractivity contribution in [2.75, 3.05) is 0 Å². The van der Waals surface area contributed by atoms with E-state index in [1.54, 1.807) is 24.3 Å². The number of oxime groups is 1. The van der Waals surface area contributed by atoms with Crippen LogP contribution in [0.2, 0.25) is 0 Å². The molecule has 1 aliphatic rings. The minimum Gasteiger partial charge on any atom is -0.508 e. The standard InChI is InChI=1S/C11H11NO3/c13-10-5-1-8(2-6-10)7-12-15-11(14)9-3-4-9/h1-2,5-7,9,13H,3-4H2/b12-7+. The number of nitrogens with zero attached hydrogens (tertiary/aromatic N) is 1. The van der Waals surface area contributed by atoms with Gasteiger partial charge in [0, 0.05) is 0 Å². The second-order valence-corrected chi connectivity index (χ2v) is 3.51. The summed E-state index contributed by atoms with van der Waals surface area (Å²) in [5.41, 5.74) is 0.774. The lowest BCUT2D eigenvalue weighted by Crippen LogP contribution is -2.01. The molecule has 0 radical (unpaired) electrons. The molecule has 1 fully saturated rings. The molecule has 0 atom stereocenters. The number of carbonyl (C=O) groups excluding carboxylic acids is 1. The Bertz CT molecular complexity index is 379. The summed E-state index contributed by atoms with van der Waals surface area (Å²) in [7, 11) is 0. The molecular weight excluding hydrogens is 194 g/mol. The third-order valence-corrected chi connectivity index (χ3v) is 2.15. The van der Waals surface area contributed by atoms with Crippen LogP contribution in [0, 0.1) is 5.92 Å². The van der Waals surface area contributed by atoms with Gasteiger partial charge in [0.25, 0.3) is 0 Å². The zero-order valence-corrected chi connectivity index (χ0v) is 8.09. The van der Waals surface area contributed by atoms with Gasteiger partial charge < -0.3 is 9.94 Å². The highest BCUT2D eigenvalue weighted by Crippen LogP contribution is 2.30. The Kier molecular flexibility index (Phi) is 2.67. The van der Waals surface area contributed by atoms with Crippen LogP contribution < -0.4 is 0 Å². The van der Waals surface area contributed by atoms with E-state index in [0.29, 0.717) is 0 Å². The molecule has 4 nitrogen and oxygen atoms in total. The average molecular weight is 205 g/mol. The lowest BCUT2D eigenvalue weighted by atomic mass is 10.2. The number of benzene rings is 1. The van der Waals surface area contributed by atoms with Gasteiger partial charge >= 0.3 is 5.97 Å². The van der Waals surface area contributed by atoms with Gasteiger partial charge in [0.2, 0.25) is 0 Å². The first kappa shape index (κ1) is 9.71. The SMILES string of the molecule is O=C(O/N=C/c1ccc(O)cc1)C1CC1. The Morgan fingerprint density at radius 3 is 2.67 bits per heavy atom. The van der Waals surface area contributed by atoms with Crippen LogP contribution in [-0.4, -0.2) is 17.3 Å². The van der Waals surface area contributed by atoms with Crippen LogP contribution in [0.4, 0.5) is 0 Å². The first-order chi connectivity index (χ1) is 7.25. The first-order valence-corrected chi connectivity index (χ1v) is 4.79. The summed E-state index contributed by atoms with van der Waals surface area (Å²) in [5.74, 6) is -0.00544. The molecule has 78 valence electrons. The van der Waals surface area contributed by atoms with E-state index >= 15 is 0 Å². The lowest BCUT2D eigenvalue weighted by Gasteiger charge is -1.94. The second kappa shape index (κ2) is 4.13. The van der Waals surface area contributed by atoms with Crippen molar-refractivity contribution in [3.8, 4) is 5.75 Å². The van der Waals surface area contributed by atoms with Crippen molar-refractivity contribution in [1.82, 2.24) is 0 Å². The largest absolute Gasteiger partial charge is 0.508 e. The van der Waals surface area contributed by atoms with Crippen LogP contribution in [0.3, 0.4) is 0 Å². The number of hydrogen-bond acceptors (Lipinski definition) is 4. The average Bonchev–Trinajstić information content (AvgIpc) is 3.04. The molecule has 0 aromatic heterocycles. The van der Waals surface area contributed by atoms with Crippen LogP contribution in [0.15, 0.2) is 29.4 Å². The molecule has 1 aromatic rings. The second-order valence-electron chi connectivity index (χ2n) is 3.51. The van der Waals surface area contributed by atoms with Gasteiger partial charge in [-0.3, -0.25) is 0 Å². The zero-order chi connectivity index (χ0) is 10.7. The number of phenolic OH excluding ortho intramolecular Hbond substituents is 1. The molecule has 1 N–H and O–H groups in total. The molecule has 0 saturated heterocycles. The maximum Gasteiger partial charge on any atom is 0.338 e. The summed E-state index contributed by atoms with van der Waals surface area (Å²) >= 11 is 0. The molecule has 1 aliphatic carbocycles. The zero-order valence-electron chi connectivity index (χ0n) is 8.09. The molecule has 0 heterocycles. The molecule has 0 unspecified atom stereocenters. The van der Waals surface area contributed by atoms with Crippen molar-refractivity contribution in [1.29, 1.82) is 0 Å². The van der Waals surface area contributed by atoms with E-state index in [1.807, 2.05) is 0 Å². The fourth-order valence-corrected chi connectivity index (χ4v) is 1.09. The van der Waals surface area contributed by atoms with Gasteiger partial charge in [-0.1, -0.05) is 5.16 Å². The van der Waals surface area contributed by atoms with E-state index in [4.69, 9.17) is 5.11 Å². The predicted octanol–water partition coefficient (Wildman–Crippen LogP) is 1.68. The van der Waals surface area contributed by atoms with Gasteiger partial charge in [-0.05, 0) is 42.7 Å². The van der Waals surface area contributed by atoms with Crippen molar-refractivity contribution in [2.24, 2.45) is 11.1 Å². The molecule has 0 spiro atoms. The Morgan fingerprint density at radius 1 is 1.40 bits per heavy atom. The van der Waals surface area contributed by atoms with Gasteiger partial charge in [-0.15, -0.1) is 0 Å². The molecule has 2 rings (SSSR count). The van der Waals surface area contributed by atoms with Crippen LogP contribution in [-0.2, 0) is 9.63 Å². The van der Waals surface area contributed by atoms with E-state index in [1.165, 1.54) is 6.21 Å². The minimum absolute atomic E-state index is 0.0574. The summed E-state index contributed by atoms with van der Waals surface area (Å²) in [4.78, 5) is 15.7. The molecular formula is C11H11NO3. The van der Waals surface area contributed by atoms with E-state index in [2.05, 4.69) is 9.99 Å². The maximum atomic E-state index is 11.1. The Labute approximate surface area is 87.2 Å². The fourth-order valence-electron chi connectivity index (χ4n) is 1.09. The third-order valence-electron chi connectivity index (χ3n) is 2.15. The minimum atomic E-state index is -0.259. The quantitative estimate of drug-likeness (QED) is 0.464. The molecule has 15 heavy (non-hydrogen) atoms. The molecule has 0 amide bonds. The number of phenols is 1. The maximum absolute atomic E-state index is 11.1. The monoisotopic (exact) mass is 205 g/mol. The lowest BCUT2D eigenvalue weighted by molar-refractivity contribution is -0.145. The molecule has 1 aromatic carbocycles. The van der Waals surface area contributed by atoms with E-state index in [-0.39, 0.29) is 17.6 Å². The number of hydrogen-bond donors (Lipinski definition) is 1. The van der Waals surface area contributed by atoms with Crippen LogP contribution in [0.1, 0.15) is 18.4 Å². The van der Waals surface area contributed by atoms with Gasteiger partial charge in [0.15, 0.2) is 0 Å². The van der Waals surface area contributed by atoms with Crippen LogP contribution >= 0.6 is 0 Å². The number of carbonyl (C=O) groups is 1. The summed E-state index contributed by atoms with van der Waals surface area (Å²) in [6, 6.07) is 6.46. The van der Waals surface area contributed by atoms with Crippen molar-refractivity contribution < 1.29 is 14.7 Å². The summed E-state index contributed by atoms with van der Waals surface area (Å²) < 4.78 is 0. The van der Waals surface area contributed by atoms with E-state index < -0.39 is 0 Å². The molecule has 4 heteroatoms. The highest BCUT2D eigenvalue weighted by Gasteiger charge is 2.31. The van der Waals surface area contributed by atoms with Gasteiger partial charge in [0.1, 0.15) is 5.75 Å². The molecule has 0 aliphatic heterocycles. The summed E-state index contributed by atoms with van der Waals surface area (Å²) in [5, 5.41) is 12.6. The highest BCUT2D eigenvalue weighted by molar-refractivity contribution is 5.81. The Balaban J connectivity index is 1.87. The molecule has 1 saturated carbocycles. The topological polar surface area (TPSA) is 58.9 Å². The fraction of sp³-hybridized carbons (Fsp3) is 0.273. The highest BCUT2D eigenvalue weighted by atomic mass is 16.7. The van der Waals surface area contributed by atoms with Gasteiger partial charge in [-0.25, -0.2) is 4.79 Å². The smallest absolute Gasteiger partial charge is 0.338 e. The number of rotatable bonds is 3. The van der Waals surface area contributed by atoms with Crippen molar-refractivity contribution in [3.05, 3.63) is 29.8 Å². The third kappa shape index (κ3) is 2.80. The van der Waals surface area contributed by atoms with E-state index in [9.17, 15) is 4.79 Å². The summed E-state index contributed by atoms with van der Waals surface area (Å²) in [6.07, 6.45) is 3.26. The summed E-state index contributed by atoms with van der Waals surface area (Å²) in [6.45, 7) is 0. The van der Waals surface area contributed by atoms with Crippen molar-refractivity contribution in [3.63, 3.8) is 0 Å². The molecule has 0 bridgehead atoms. The predicted molar refractivity (Wildman–Crippen MR) is 54.5 cm³/mol. The number of aromatic hydroxyl groups is 1. The van der Waals surface area contributed by atoms with Gasteiger partial charge in [-0.2, -0.15) is 0 Å². The van der Waals surface area contributed by atoms with Crippen molar-refractivity contribution in [2.45, 2.75) is 12.8 Å². The van der Waals surface area contributed by atoms with E-state index in [0.717, 1.165) is 18.4 Å². The van der Waals surface area contributed by atoms with Gasteiger partial charge in [0.05, 0.1) is 12.1 Å². The Morgan fingerprint density at radius 2 is 2.07 bits per heavy atom. The van der Waals surface area contributed by atoms with Crippen LogP contribution in [0.5, 0.6) is 5.75 Å². The van der Waals surface area contributed by atoms with Crippen LogP contribution in [0.25, 0.3) is 0 Å². The normalized spacial score (nSPS) is 15.5. The first-order valence-electron chi connectivity index (χ1n) is 4.79. The van der Waals surface area contributed by atoms with Crippen molar-refractivity contribution >= 4 is 12.2 Å².